The Balaban J connectivity index is 2.16. The molecule has 3 rings (SSSR count). The summed E-state index contributed by atoms with van der Waals surface area (Å²) in [4.78, 5) is 14.3. The van der Waals surface area contributed by atoms with Crippen molar-refractivity contribution >= 4 is 17.9 Å². The Labute approximate surface area is 176 Å². The van der Waals surface area contributed by atoms with E-state index >= 15 is 0 Å². The summed E-state index contributed by atoms with van der Waals surface area (Å²) in [6, 6.07) is 9.46. The van der Waals surface area contributed by atoms with Crippen LogP contribution in [0.1, 0.15) is 23.6 Å². The Morgan fingerprint density at radius 3 is 2.20 bits per heavy atom. The third-order valence-corrected chi connectivity index (χ3v) is 4.98. The quantitative estimate of drug-likeness (QED) is 0.706. The van der Waals surface area contributed by atoms with Gasteiger partial charge in [-0.2, -0.15) is 0 Å². The lowest BCUT2D eigenvalue weighted by Crippen LogP contribution is -2.35. The van der Waals surface area contributed by atoms with E-state index in [0.717, 1.165) is 22.4 Å². The highest BCUT2D eigenvalue weighted by Crippen LogP contribution is 2.39. The van der Waals surface area contributed by atoms with Crippen LogP contribution in [-0.2, 0) is 11.2 Å². The SMILES string of the molecule is CCOC(=O)N1CCc2cc(OC)c(OC)cc2/C1=C/c1ccc(OC)c(OC)c1. The van der Waals surface area contributed by atoms with Crippen LogP contribution in [0, 0.1) is 0 Å². The van der Waals surface area contributed by atoms with Gasteiger partial charge in [-0.15, -0.1) is 0 Å². The topological polar surface area (TPSA) is 66.5 Å². The summed E-state index contributed by atoms with van der Waals surface area (Å²) in [5, 5.41) is 0. The Morgan fingerprint density at radius 2 is 1.57 bits per heavy atom. The van der Waals surface area contributed by atoms with Crippen LogP contribution in [0.15, 0.2) is 30.3 Å². The predicted octanol–water partition coefficient (Wildman–Crippen LogP) is 4.23. The molecule has 0 bridgehead atoms. The van der Waals surface area contributed by atoms with E-state index in [1.807, 2.05) is 36.4 Å². The molecule has 2 aromatic carbocycles. The second-order valence-electron chi connectivity index (χ2n) is 6.61. The number of methoxy groups -OCH3 is 4. The Bertz CT molecular complexity index is 953. The van der Waals surface area contributed by atoms with Gasteiger partial charge in [-0.3, -0.25) is 4.90 Å². The molecule has 0 fully saturated rings. The van der Waals surface area contributed by atoms with Gasteiger partial charge in [0, 0.05) is 12.1 Å². The summed E-state index contributed by atoms with van der Waals surface area (Å²) in [5.74, 6) is 2.50. The zero-order valence-electron chi connectivity index (χ0n) is 18.0. The largest absolute Gasteiger partial charge is 0.493 e. The third kappa shape index (κ3) is 4.15. The van der Waals surface area contributed by atoms with E-state index in [4.69, 9.17) is 23.7 Å². The summed E-state index contributed by atoms with van der Waals surface area (Å²) in [6.45, 7) is 2.60. The molecule has 0 spiro atoms. The molecular weight excluding hydrogens is 386 g/mol. The van der Waals surface area contributed by atoms with Gasteiger partial charge in [0.05, 0.1) is 40.7 Å². The first kappa shape index (κ1) is 21.4. The second kappa shape index (κ2) is 9.43. The van der Waals surface area contributed by atoms with Gasteiger partial charge in [-0.1, -0.05) is 6.07 Å². The van der Waals surface area contributed by atoms with Crippen LogP contribution in [0.5, 0.6) is 23.0 Å². The third-order valence-electron chi connectivity index (χ3n) is 4.98. The van der Waals surface area contributed by atoms with E-state index in [2.05, 4.69) is 0 Å². The molecule has 2 aromatic rings. The predicted molar refractivity (Wildman–Crippen MR) is 114 cm³/mol. The molecule has 0 aromatic heterocycles. The van der Waals surface area contributed by atoms with Gasteiger partial charge < -0.3 is 23.7 Å². The van der Waals surface area contributed by atoms with Gasteiger partial charge >= 0.3 is 6.09 Å². The van der Waals surface area contributed by atoms with Crippen LogP contribution < -0.4 is 18.9 Å². The average molecular weight is 413 g/mol. The number of fused-ring (bicyclic) bond motifs is 1. The van der Waals surface area contributed by atoms with Crippen LogP contribution in [0.25, 0.3) is 11.8 Å². The molecule has 7 nitrogen and oxygen atoms in total. The molecular formula is C23H27NO6. The van der Waals surface area contributed by atoms with E-state index in [1.165, 1.54) is 0 Å². The lowest BCUT2D eigenvalue weighted by atomic mass is 9.94. The van der Waals surface area contributed by atoms with Crippen molar-refractivity contribution in [3.8, 4) is 23.0 Å². The number of hydrogen-bond acceptors (Lipinski definition) is 6. The maximum absolute atomic E-state index is 12.7. The first-order valence-corrected chi connectivity index (χ1v) is 9.69. The summed E-state index contributed by atoms with van der Waals surface area (Å²) < 4.78 is 27.0. The molecule has 0 atom stereocenters. The average Bonchev–Trinajstić information content (AvgIpc) is 2.78. The molecule has 0 aliphatic carbocycles. The standard InChI is InChI=1S/C23H27NO6/c1-6-30-23(25)24-10-9-16-13-21(28-4)22(29-5)14-17(16)18(24)11-15-7-8-19(26-2)20(12-15)27-3/h7-8,11-14H,6,9-10H2,1-5H3/b18-11-. The van der Waals surface area contributed by atoms with E-state index in [1.54, 1.807) is 40.3 Å². The lowest BCUT2D eigenvalue weighted by Gasteiger charge is -2.31. The van der Waals surface area contributed by atoms with Gasteiger partial charge in [0.15, 0.2) is 23.0 Å². The highest BCUT2D eigenvalue weighted by atomic mass is 16.6. The van der Waals surface area contributed by atoms with Gasteiger partial charge in [0.1, 0.15) is 0 Å². The highest BCUT2D eigenvalue weighted by Gasteiger charge is 2.28. The molecule has 1 aliphatic rings. The summed E-state index contributed by atoms with van der Waals surface area (Å²) in [5.41, 5.74) is 3.55. The van der Waals surface area contributed by atoms with Crippen molar-refractivity contribution < 1.29 is 28.5 Å². The summed E-state index contributed by atoms with van der Waals surface area (Å²) >= 11 is 0. The fourth-order valence-electron chi connectivity index (χ4n) is 3.51. The molecule has 1 aliphatic heterocycles. The van der Waals surface area contributed by atoms with E-state index in [0.29, 0.717) is 42.6 Å². The maximum Gasteiger partial charge on any atom is 0.414 e. The van der Waals surface area contributed by atoms with Gasteiger partial charge in [0.25, 0.3) is 0 Å². The second-order valence-corrected chi connectivity index (χ2v) is 6.61. The fourth-order valence-corrected chi connectivity index (χ4v) is 3.51. The number of hydrogen-bond donors (Lipinski definition) is 0. The first-order chi connectivity index (χ1) is 14.6. The zero-order chi connectivity index (χ0) is 21.7. The van der Waals surface area contributed by atoms with Crippen LogP contribution in [-0.4, -0.2) is 52.6 Å². The first-order valence-electron chi connectivity index (χ1n) is 9.69. The molecule has 0 saturated carbocycles. The molecule has 7 heteroatoms. The maximum atomic E-state index is 12.7. The van der Waals surface area contributed by atoms with Crippen LogP contribution in [0.3, 0.4) is 0 Å². The van der Waals surface area contributed by atoms with Crippen molar-refractivity contribution in [3.63, 3.8) is 0 Å². The molecule has 0 N–H and O–H groups in total. The number of nitrogens with zero attached hydrogens (tertiary/aromatic N) is 1. The van der Waals surface area contributed by atoms with E-state index in [9.17, 15) is 4.79 Å². The number of amides is 1. The van der Waals surface area contributed by atoms with E-state index in [-0.39, 0.29) is 6.09 Å². The molecule has 1 heterocycles. The minimum Gasteiger partial charge on any atom is -0.493 e. The van der Waals surface area contributed by atoms with Crippen molar-refractivity contribution in [2.45, 2.75) is 13.3 Å². The Hall–Kier alpha value is -3.35. The molecule has 30 heavy (non-hydrogen) atoms. The smallest absolute Gasteiger partial charge is 0.414 e. The minimum absolute atomic E-state index is 0.303. The summed E-state index contributed by atoms with van der Waals surface area (Å²) in [7, 11) is 6.38. The van der Waals surface area contributed by atoms with Crippen LogP contribution in [0.4, 0.5) is 4.79 Å². The fraction of sp³-hybridized carbons (Fsp3) is 0.348. The lowest BCUT2D eigenvalue weighted by molar-refractivity contribution is 0.125. The Morgan fingerprint density at radius 1 is 0.933 bits per heavy atom. The molecule has 0 unspecified atom stereocenters. The number of ether oxygens (including phenoxy) is 5. The van der Waals surface area contributed by atoms with E-state index < -0.39 is 0 Å². The van der Waals surface area contributed by atoms with Crippen LogP contribution in [0.2, 0.25) is 0 Å². The van der Waals surface area contributed by atoms with Crippen molar-refractivity contribution in [2.24, 2.45) is 0 Å². The van der Waals surface area contributed by atoms with Gasteiger partial charge in [-0.05, 0) is 54.8 Å². The minimum atomic E-state index is -0.385. The monoisotopic (exact) mass is 413 g/mol. The number of benzene rings is 2. The van der Waals surface area contributed by atoms with Gasteiger partial charge in [0.2, 0.25) is 0 Å². The molecule has 1 amide bonds. The summed E-state index contributed by atoms with van der Waals surface area (Å²) in [6.07, 6.45) is 2.23. The highest BCUT2D eigenvalue weighted by molar-refractivity contribution is 5.92. The molecule has 0 radical (unpaired) electrons. The number of rotatable bonds is 6. The number of carbonyl (C=O) groups excluding carboxylic acids is 1. The van der Waals surface area contributed by atoms with Crippen molar-refractivity contribution in [2.75, 3.05) is 41.6 Å². The van der Waals surface area contributed by atoms with Crippen LogP contribution >= 0.6 is 0 Å². The normalized spacial score (nSPS) is 14.2. The molecule has 160 valence electrons. The van der Waals surface area contributed by atoms with Gasteiger partial charge in [-0.25, -0.2) is 4.79 Å². The zero-order valence-corrected chi connectivity index (χ0v) is 18.0. The molecule has 0 saturated heterocycles. The van der Waals surface area contributed by atoms with Crippen molar-refractivity contribution in [1.29, 1.82) is 0 Å². The van der Waals surface area contributed by atoms with Crippen molar-refractivity contribution in [1.82, 2.24) is 4.90 Å². The van der Waals surface area contributed by atoms with Crippen molar-refractivity contribution in [3.05, 3.63) is 47.0 Å². The Kier molecular flexibility index (Phi) is 6.72. The number of carbonyl (C=O) groups is 1.